The monoisotopic (exact) mass is 710 g/mol. The van der Waals surface area contributed by atoms with Gasteiger partial charge in [0.2, 0.25) is 0 Å². The summed E-state index contributed by atoms with van der Waals surface area (Å²) in [6.45, 7) is 9.10. The predicted molar refractivity (Wildman–Crippen MR) is 209 cm³/mol. The standard InChI is InChI=1S/C44H47BO6Si/c1-29(24-30-14-13-15-32(46)25-30)22-23-39-40-31(28-50-52(44(2,3)4,33-16-7-5-8-17-33)34-18-9-6-10-19-34)26-37-41(38(40)27-45(49)51-39)43(48)36-21-12-11-20-35(36)42(37)47/h5-21,24-25,37-39,41,46,49H,22-23,26-28H2,1-4H3/b29-24+/t37-,38+,39-,41-/m1/s1. The number of Topliss-reactive ketones (excluding diaryl/α,β-unsaturated/α-hetero) is 2. The highest BCUT2D eigenvalue weighted by Gasteiger charge is 2.55. The van der Waals surface area contributed by atoms with Gasteiger partial charge in [-0.25, -0.2) is 0 Å². The molecule has 4 atom stereocenters. The lowest BCUT2D eigenvalue weighted by Gasteiger charge is -2.48. The summed E-state index contributed by atoms with van der Waals surface area (Å²) < 4.78 is 13.9. The average Bonchev–Trinajstić information content (AvgIpc) is 3.13. The molecule has 1 aliphatic heterocycles. The zero-order valence-corrected chi connectivity index (χ0v) is 31.4. The number of carbonyl (C=O) groups excluding carboxylic acids is 2. The molecule has 0 aromatic heterocycles. The molecule has 0 radical (unpaired) electrons. The van der Waals surface area contributed by atoms with Gasteiger partial charge in [0, 0.05) is 23.0 Å². The molecule has 6 nitrogen and oxygen atoms in total. The van der Waals surface area contributed by atoms with Crippen molar-refractivity contribution in [3.05, 3.63) is 143 Å². The molecule has 7 rings (SSSR count). The van der Waals surface area contributed by atoms with Gasteiger partial charge in [-0.1, -0.05) is 129 Å². The maximum Gasteiger partial charge on any atom is 0.455 e. The van der Waals surface area contributed by atoms with E-state index in [1.807, 2.05) is 36.4 Å². The number of hydrogen-bond acceptors (Lipinski definition) is 6. The Morgan fingerprint density at radius 2 is 1.48 bits per heavy atom. The number of phenolic OH excluding ortho intramolecular Hbond substituents is 1. The van der Waals surface area contributed by atoms with Crippen LogP contribution < -0.4 is 10.4 Å². The van der Waals surface area contributed by atoms with Crippen molar-refractivity contribution >= 4 is 43.5 Å². The van der Waals surface area contributed by atoms with E-state index in [2.05, 4.69) is 82.3 Å². The highest BCUT2D eigenvalue weighted by atomic mass is 28.4. The molecule has 2 N–H and O–H groups in total. The van der Waals surface area contributed by atoms with Crippen LogP contribution >= 0.6 is 0 Å². The number of fused-ring (bicyclic) bond motifs is 4. The fourth-order valence-electron chi connectivity index (χ4n) is 9.09. The number of carbonyl (C=O) groups is 2. The molecule has 266 valence electrons. The summed E-state index contributed by atoms with van der Waals surface area (Å²) >= 11 is 0. The molecule has 3 aliphatic rings. The Morgan fingerprint density at radius 1 is 0.865 bits per heavy atom. The van der Waals surface area contributed by atoms with Crippen LogP contribution in [-0.4, -0.2) is 49.8 Å². The molecule has 2 aliphatic carbocycles. The lowest BCUT2D eigenvalue weighted by Crippen LogP contribution is -2.66. The Morgan fingerprint density at radius 3 is 2.10 bits per heavy atom. The van der Waals surface area contributed by atoms with E-state index >= 15 is 0 Å². The van der Waals surface area contributed by atoms with E-state index in [0.29, 0.717) is 37.0 Å². The third kappa shape index (κ3) is 6.69. The quantitative estimate of drug-likeness (QED) is 0.137. The van der Waals surface area contributed by atoms with Crippen molar-refractivity contribution < 1.29 is 28.8 Å². The minimum absolute atomic E-state index is 0.00961. The second kappa shape index (κ2) is 14.6. The third-order valence-electron chi connectivity index (χ3n) is 11.3. The minimum atomic E-state index is -2.95. The molecular weight excluding hydrogens is 663 g/mol. The van der Waals surface area contributed by atoms with Gasteiger partial charge in [-0.05, 0) is 82.7 Å². The first-order valence-electron chi connectivity index (χ1n) is 18.4. The van der Waals surface area contributed by atoms with Crippen molar-refractivity contribution in [2.75, 3.05) is 6.61 Å². The SMILES string of the molecule is C/C(=C\c1cccc(O)c1)CC[C@H]1OB(O)C[C@H]2C1=C(CO[Si](c1ccccc1)(c1ccccc1)C(C)(C)C)C[C@H]1C(=O)c3ccccc3C(=O)[C@H]12. The van der Waals surface area contributed by atoms with Crippen LogP contribution in [0.25, 0.3) is 6.08 Å². The number of allylic oxidation sites excluding steroid dienone is 1. The van der Waals surface area contributed by atoms with Crippen LogP contribution in [-0.2, 0) is 9.08 Å². The van der Waals surface area contributed by atoms with Gasteiger partial charge in [-0.3, -0.25) is 9.59 Å². The molecule has 4 aromatic rings. The molecule has 0 bridgehead atoms. The van der Waals surface area contributed by atoms with Crippen LogP contribution in [0.4, 0.5) is 0 Å². The molecule has 4 aromatic carbocycles. The van der Waals surface area contributed by atoms with Gasteiger partial charge in [0.25, 0.3) is 8.32 Å². The molecule has 1 heterocycles. The van der Waals surface area contributed by atoms with Gasteiger partial charge in [-0.15, -0.1) is 0 Å². The van der Waals surface area contributed by atoms with E-state index in [1.165, 1.54) is 10.4 Å². The first-order chi connectivity index (χ1) is 25.0. The fraction of sp³-hybridized carbons (Fsp3) is 0.318. The average molecular weight is 711 g/mol. The van der Waals surface area contributed by atoms with Gasteiger partial charge >= 0.3 is 7.12 Å². The largest absolute Gasteiger partial charge is 0.508 e. The van der Waals surface area contributed by atoms with Crippen molar-refractivity contribution in [2.45, 2.75) is 64.4 Å². The third-order valence-corrected chi connectivity index (χ3v) is 16.3. The summed E-state index contributed by atoms with van der Waals surface area (Å²) in [5.74, 6) is -1.28. The molecule has 1 fully saturated rings. The highest BCUT2D eigenvalue weighted by Crippen LogP contribution is 2.51. The van der Waals surface area contributed by atoms with E-state index in [0.717, 1.165) is 22.3 Å². The minimum Gasteiger partial charge on any atom is -0.508 e. The Hall–Kier alpha value is -4.34. The van der Waals surface area contributed by atoms with Crippen LogP contribution in [0.2, 0.25) is 11.4 Å². The summed E-state index contributed by atoms with van der Waals surface area (Å²) in [5.41, 5.74) is 4.98. The normalized spacial score (nSPS) is 22.2. The predicted octanol–water partition coefficient (Wildman–Crippen LogP) is 7.66. The van der Waals surface area contributed by atoms with E-state index in [9.17, 15) is 19.7 Å². The van der Waals surface area contributed by atoms with E-state index in [4.69, 9.17) is 9.08 Å². The lowest BCUT2D eigenvalue weighted by atomic mass is 9.54. The number of rotatable bonds is 9. The van der Waals surface area contributed by atoms with Crippen molar-refractivity contribution in [1.82, 2.24) is 0 Å². The van der Waals surface area contributed by atoms with Crippen molar-refractivity contribution in [3.63, 3.8) is 0 Å². The first-order valence-corrected chi connectivity index (χ1v) is 20.3. The maximum absolute atomic E-state index is 14.3. The van der Waals surface area contributed by atoms with Gasteiger partial charge in [0.15, 0.2) is 11.6 Å². The van der Waals surface area contributed by atoms with E-state index in [-0.39, 0.29) is 34.6 Å². The van der Waals surface area contributed by atoms with Crippen LogP contribution in [0.1, 0.15) is 73.2 Å². The van der Waals surface area contributed by atoms with Gasteiger partial charge in [0.05, 0.1) is 12.7 Å². The molecule has 0 saturated carbocycles. The molecule has 8 heteroatoms. The number of aromatic hydroxyl groups is 1. The first kappa shape index (κ1) is 36.0. The lowest BCUT2D eigenvalue weighted by molar-refractivity contribution is 0.0591. The number of ketones is 2. The van der Waals surface area contributed by atoms with E-state index in [1.54, 1.807) is 24.3 Å². The zero-order chi connectivity index (χ0) is 36.6. The molecule has 1 saturated heterocycles. The van der Waals surface area contributed by atoms with E-state index < -0.39 is 33.4 Å². The highest BCUT2D eigenvalue weighted by molar-refractivity contribution is 6.99. The smallest absolute Gasteiger partial charge is 0.455 e. The Balaban J connectivity index is 1.32. The maximum atomic E-state index is 14.3. The number of phenols is 1. The second-order valence-electron chi connectivity index (χ2n) is 15.7. The van der Waals surface area contributed by atoms with Crippen molar-refractivity contribution in [3.8, 4) is 5.75 Å². The number of benzene rings is 4. The Kier molecular flexibility index (Phi) is 10.1. The second-order valence-corrected chi connectivity index (χ2v) is 20.0. The Bertz CT molecular complexity index is 1980. The van der Waals surface area contributed by atoms with Crippen molar-refractivity contribution in [2.24, 2.45) is 17.8 Å². The summed E-state index contributed by atoms with van der Waals surface area (Å²) in [4.78, 5) is 28.6. The zero-order valence-electron chi connectivity index (χ0n) is 30.4. The molecule has 0 unspecified atom stereocenters. The van der Waals surface area contributed by atoms with Crippen LogP contribution in [0, 0.1) is 17.8 Å². The molecular formula is C44H47BO6Si. The summed E-state index contributed by atoms with van der Waals surface area (Å²) in [7, 11) is -4.01. The fourth-order valence-corrected chi connectivity index (χ4v) is 13.6. The summed E-state index contributed by atoms with van der Waals surface area (Å²) in [5, 5.41) is 23.3. The molecule has 52 heavy (non-hydrogen) atoms. The van der Waals surface area contributed by atoms with Crippen LogP contribution in [0.15, 0.2) is 126 Å². The van der Waals surface area contributed by atoms with Crippen LogP contribution in [0.5, 0.6) is 5.75 Å². The Labute approximate surface area is 308 Å². The molecule has 0 amide bonds. The summed E-state index contributed by atoms with van der Waals surface area (Å²) in [6.07, 6.45) is 3.50. The summed E-state index contributed by atoms with van der Waals surface area (Å²) in [6, 6.07) is 35.4. The topological polar surface area (TPSA) is 93.1 Å². The van der Waals surface area contributed by atoms with Crippen molar-refractivity contribution in [1.29, 1.82) is 0 Å². The van der Waals surface area contributed by atoms with Crippen LogP contribution in [0.3, 0.4) is 0 Å². The molecule has 0 spiro atoms. The van der Waals surface area contributed by atoms with Gasteiger partial charge in [-0.2, -0.15) is 0 Å². The van der Waals surface area contributed by atoms with Gasteiger partial charge < -0.3 is 19.2 Å². The number of hydrogen-bond donors (Lipinski definition) is 2. The van der Waals surface area contributed by atoms with Gasteiger partial charge in [0.1, 0.15) is 5.75 Å².